The van der Waals surface area contributed by atoms with Crippen LogP contribution in [-0.2, 0) is 21.8 Å². The lowest BCUT2D eigenvalue weighted by Crippen LogP contribution is -2.51. The van der Waals surface area contributed by atoms with Crippen LogP contribution in [0.2, 0.25) is 0 Å². The summed E-state index contributed by atoms with van der Waals surface area (Å²) in [6.07, 6.45) is 6.33. The van der Waals surface area contributed by atoms with Crippen molar-refractivity contribution in [3.8, 4) is 5.75 Å². The average Bonchev–Trinajstić information content (AvgIpc) is 3.19. The van der Waals surface area contributed by atoms with Crippen molar-refractivity contribution >= 4 is 27.5 Å². The molecule has 37 heavy (non-hydrogen) atoms. The molecule has 5 rings (SSSR count). The number of ether oxygens (including phenoxy) is 1. The summed E-state index contributed by atoms with van der Waals surface area (Å²) in [4.78, 5) is 0. The first-order valence-electron chi connectivity index (χ1n) is 14.0. The number of aromatic nitrogens is 2. The molecule has 4 aromatic rings. The number of imidazole rings is 1. The van der Waals surface area contributed by atoms with E-state index in [1.807, 2.05) is 6.08 Å². The second-order valence-corrected chi connectivity index (χ2v) is 13.6. The summed E-state index contributed by atoms with van der Waals surface area (Å²) in [5.74, 6) is 0.914. The molecule has 3 nitrogen and oxygen atoms in total. The Bertz CT molecular complexity index is 1560. The van der Waals surface area contributed by atoms with Gasteiger partial charge in [-0.1, -0.05) is 87.1 Å². The molecular formula is C34H45N2O+. The average molecular weight is 498 g/mol. The Hall–Kier alpha value is -2.81. The van der Waals surface area contributed by atoms with Gasteiger partial charge in [-0.3, -0.25) is 0 Å². The van der Waals surface area contributed by atoms with E-state index in [2.05, 4.69) is 121 Å². The lowest BCUT2D eigenvalue weighted by Gasteiger charge is -2.47. The molecule has 0 aliphatic carbocycles. The molecule has 3 heteroatoms. The number of nitrogens with zero attached hydrogens (tertiary/aromatic N) is 2. The number of hydrogen-bond acceptors (Lipinski definition) is 1. The highest BCUT2D eigenvalue weighted by atomic mass is 16.5. The third-order valence-corrected chi connectivity index (χ3v) is 9.51. The molecule has 0 fully saturated rings. The van der Waals surface area contributed by atoms with E-state index in [0.29, 0.717) is 6.61 Å². The first-order chi connectivity index (χ1) is 17.2. The van der Waals surface area contributed by atoms with E-state index in [1.165, 1.54) is 38.6 Å². The van der Waals surface area contributed by atoms with Crippen molar-refractivity contribution in [3.63, 3.8) is 0 Å². The van der Waals surface area contributed by atoms with Gasteiger partial charge in [0.15, 0.2) is 11.3 Å². The van der Waals surface area contributed by atoms with Crippen molar-refractivity contribution in [3.05, 3.63) is 65.9 Å². The summed E-state index contributed by atoms with van der Waals surface area (Å²) in [7, 11) is 0. The van der Waals surface area contributed by atoms with Gasteiger partial charge in [-0.15, -0.1) is 0 Å². The van der Waals surface area contributed by atoms with Crippen LogP contribution >= 0.6 is 0 Å². The first kappa shape index (κ1) is 25.8. The van der Waals surface area contributed by atoms with E-state index in [1.54, 1.807) is 0 Å². The minimum atomic E-state index is -0.106. The SMILES string of the molecule is C=CCOc1cccc2c1[n+]1cc(C(C)(C)C)c3cc(C(C)(C)C)cc4c3c1n2C(C)(CC)C4(C)CC. The van der Waals surface area contributed by atoms with Gasteiger partial charge in [-0.05, 0) is 65.3 Å². The largest absolute Gasteiger partial charge is 0.485 e. The maximum absolute atomic E-state index is 6.28. The van der Waals surface area contributed by atoms with E-state index >= 15 is 0 Å². The van der Waals surface area contributed by atoms with E-state index in [-0.39, 0.29) is 21.8 Å². The summed E-state index contributed by atoms with van der Waals surface area (Å²) in [5, 5.41) is 2.80. The summed E-state index contributed by atoms with van der Waals surface area (Å²) in [6.45, 7) is 28.1. The minimum absolute atomic E-state index is 0.0194. The van der Waals surface area contributed by atoms with Gasteiger partial charge in [0.2, 0.25) is 5.52 Å². The van der Waals surface area contributed by atoms with Gasteiger partial charge in [0.1, 0.15) is 18.3 Å². The Morgan fingerprint density at radius 3 is 2.27 bits per heavy atom. The highest BCUT2D eigenvalue weighted by Crippen LogP contribution is 2.55. The van der Waals surface area contributed by atoms with Crippen LogP contribution in [0.3, 0.4) is 0 Å². The summed E-state index contributed by atoms with van der Waals surface area (Å²) >= 11 is 0. The maximum Gasteiger partial charge on any atom is 0.296 e. The summed E-state index contributed by atoms with van der Waals surface area (Å²) in [6, 6.07) is 11.6. The van der Waals surface area contributed by atoms with Gasteiger partial charge >= 0.3 is 0 Å². The molecule has 1 aliphatic heterocycles. The van der Waals surface area contributed by atoms with Crippen molar-refractivity contribution in [2.24, 2.45) is 0 Å². The lowest BCUT2D eigenvalue weighted by atomic mass is 9.61. The van der Waals surface area contributed by atoms with Crippen molar-refractivity contribution < 1.29 is 9.14 Å². The lowest BCUT2D eigenvalue weighted by molar-refractivity contribution is -0.482. The zero-order valence-electron chi connectivity index (χ0n) is 24.7. The Balaban J connectivity index is 2.15. The molecule has 0 spiro atoms. The van der Waals surface area contributed by atoms with E-state index in [9.17, 15) is 0 Å². The van der Waals surface area contributed by atoms with Crippen LogP contribution in [0, 0.1) is 0 Å². The number of fused-ring (bicyclic) bond motifs is 3. The maximum atomic E-state index is 6.28. The molecule has 2 aromatic heterocycles. The highest BCUT2D eigenvalue weighted by Gasteiger charge is 2.55. The van der Waals surface area contributed by atoms with Crippen LogP contribution in [0.5, 0.6) is 5.75 Å². The van der Waals surface area contributed by atoms with E-state index in [4.69, 9.17) is 4.74 Å². The Kier molecular flexibility index (Phi) is 5.65. The molecule has 2 atom stereocenters. The predicted molar refractivity (Wildman–Crippen MR) is 157 cm³/mol. The molecule has 3 heterocycles. The Morgan fingerprint density at radius 2 is 1.70 bits per heavy atom. The standard InChI is InChI=1S/C34H45N2O/c1-12-18-37-27-17-15-16-26-29(27)35-21-25(32(7,8)9)23-19-22(31(4,5)6)20-24-28(23)30(35)36(26)34(11,14-3)33(24,10)13-2/h12,15-17,19-21H,1,13-14,18H2,2-11H3/q+1. The molecule has 2 unspecified atom stereocenters. The van der Waals surface area contributed by atoms with Gasteiger partial charge in [-0.25, -0.2) is 4.57 Å². The van der Waals surface area contributed by atoms with Crippen LogP contribution in [0.15, 0.2) is 49.2 Å². The summed E-state index contributed by atoms with van der Waals surface area (Å²) in [5.41, 5.74) is 7.87. The number of pyridine rings is 1. The third kappa shape index (κ3) is 3.35. The smallest absolute Gasteiger partial charge is 0.296 e. The second-order valence-electron chi connectivity index (χ2n) is 13.6. The molecule has 0 radical (unpaired) electrons. The molecule has 2 aromatic carbocycles. The molecule has 1 aliphatic rings. The second kappa shape index (κ2) is 8.09. The van der Waals surface area contributed by atoms with Crippen molar-refractivity contribution in [1.82, 2.24) is 4.57 Å². The van der Waals surface area contributed by atoms with Gasteiger partial charge in [0, 0.05) is 11.0 Å². The minimum Gasteiger partial charge on any atom is -0.485 e. The molecule has 0 saturated heterocycles. The van der Waals surface area contributed by atoms with Gasteiger partial charge in [0.25, 0.3) is 5.65 Å². The molecule has 0 amide bonds. The quantitative estimate of drug-likeness (QED) is 0.200. The van der Waals surface area contributed by atoms with Crippen LogP contribution in [0.25, 0.3) is 27.5 Å². The van der Waals surface area contributed by atoms with Crippen LogP contribution < -0.4 is 9.14 Å². The Morgan fingerprint density at radius 1 is 1.00 bits per heavy atom. The molecule has 196 valence electrons. The zero-order chi connectivity index (χ0) is 27.1. The number of hydrogen-bond donors (Lipinski definition) is 0. The van der Waals surface area contributed by atoms with E-state index in [0.717, 1.165) is 24.1 Å². The predicted octanol–water partition coefficient (Wildman–Crippen LogP) is 8.50. The third-order valence-electron chi connectivity index (χ3n) is 9.51. The van der Waals surface area contributed by atoms with Crippen molar-refractivity contribution in [2.75, 3.05) is 6.61 Å². The van der Waals surface area contributed by atoms with Crippen LogP contribution in [-0.4, -0.2) is 11.2 Å². The van der Waals surface area contributed by atoms with Gasteiger partial charge in [0.05, 0.1) is 5.39 Å². The Labute approximate surface area is 223 Å². The van der Waals surface area contributed by atoms with E-state index < -0.39 is 0 Å². The van der Waals surface area contributed by atoms with Crippen LogP contribution in [0.4, 0.5) is 0 Å². The molecule has 0 N–H and O–H groups in total. The van der Waals surface area contributed by atoms with Crippen LogP contribution in [0.1, 0.15) is 98.8 Å². The fourth-order valence-electron chi connectivity index (χ4n) is 6.80. The number of benzene rings is 2. The van der Waals surface area contributed by atoms with Gasteiger partial charge in [-0.2, -0.15) is 4.40 Å². The molecular weight excluding hydrogens is 452 g/mol. The zero-order valence-corrected chi connectivity index (χ0v) is 24.7. The van der Waals surface area contributed by atoms with Gasteiger partial charge < -0.3 is 4.74 Å². The first-order valence-corrected chi connectivity index (χ1v) is 14.0. The molecule has 0 bridgehead atoms. The monoisotopic (exact) mass is 497 g/mol. The van der Waals surface area contributed by atoms with Crippen molar-refractivity contribution in [2.45, 2.75) is 104 Å². The fourth-order valence-corrected chi connectivity index (χ4v) is 6.80. The topological polar surface area (TPSA) is 18.3 Å². The normalized spacial score (nSPS) is 21.9. The number of para-hydroxylation sites is 1. The summed E-state index contributed by atoms with van der Waals surface area (Å²) < 4.78 is 11.4. The fraction of sp³-hybridized carbons (Fsp3) is 0.500. The van der Waals surface area contributed by atoms with Crippen molar-refractivity contribution in [1.29, 1.82) is 0 Å². The number of rotatable bonds is 5. The molecule has 0 saturated carbocycles. The highest BCUT2D eigenvalue weighted by molar-refractivity contribution is 6.02.